The lowest BCUT2D eigenvalue weighted by Gasteiger charge is -2.10. The third-order valence-electron chi connectivity index (χ3n) is 4.39. The molecule has 0 saturated heterocycles. The van der Waals surface area contributed by atoms with Crippen molar-refractivity contribution in [2.75, 3.05) is 5.73 Å². The fourth-order valence-electron chi connectivity index (χ4n) is 2.93. The zero-order valence-corrected chi connectivity index (χ0v) is 16.1. The van der Waals surface area contributed by atoms with Gasteiger partial charge in [-0.1, -0.05) is 23.7 Å². The average Bonchev–Trinajstić information content (AvgIpc) is 2.72. The molecule has 0 atom stereocenters. The van der Waals surface area contributed by atoms with Crippen molar-refractivity contribution in [2.24, 2.45) is 0 Å². The maximum Gasteiger partial charge on any atom is 0.270 e. The van der Waals surface area contributed by atoms with Crippen LogP contribution >= 0.6 is 11.6 Å². The molecule has 4 rings (SSSR count). The van der Waals surface area contributed by atoms with Gasteiger partial charge in [0.1, 0.15) is 24.0 Å². The van der Waals surface area contributed by atoms with E-state index in [1.807, 2.05) is 0 Å². The highest BCUT2D eigenvalue weighted by atomic mass is 35.5. The van der Waals surface area contributed by atoms with Crippen LogP contribution in [0.3, 0.4) is 0 Å². The molecule has 0 bridgehead atoms. The molecule has 3 aromatic carbocycles. The van der Waals surface area contributed by atoms with Crippen molar-refractivity contribution < 1.29 is 14.1 Å². The Labute approximate surface area is 175 Å². The number of nitro benzene ring substituents is 1. The molecule has 0 amide bonds. The lowest BCUT2D eigenvalue weighted by Crippen LogP contribution is -2.00. The van der Waals surface area contributed by atoms with Gasteiger partial charge in [-0.2, -0.15) is 0 Å². The molecule has 0 radical (unpaired) electrons. The Bertz CT molecular complexity index is 1280. The van der Waals surface area contributed by atoms with Crippen LogP contribution in [0.1, 0.15) is 5.56 Å². The van der Waals surface area contributed by atoms with E-state index in [1.165, 1.54) is 30.3 Å². The molecule has 1 aromatic heterocycles. The molecule has 0 aliphatic heterocycles. The maximum absolute atomic E-state index is 13.3. The van der Waals surface area contributed by atoms with E-state index in [4.69, 9.17) is 22.1 Å². The molecular formula is C21H14ClFN4O3. The van der Waals surface area contributed by atoms with Crippen LogP contribution in [0.4, 0.5) is 15.9 Å². The second kappa shape index (κ2) is 7.92. The Morgan fingerprint density at radius 2 is 1.93 bits per heavy atom. The van der Waals surface area contributed by atoms with Crippen molar-refractivity contribution in [2.45, 2.75) is 6.61 Å². The largest absolute Gasteiger partial charge is 0.487 e. The molecule has 30 heavy (non-hydrogen) atoms. The zero-order chi connectivity index (χ0) is 21.3. The van der Waals surface area contributed by atoms with Gasteiger partial charge in [0.2, 0.25) is 0 Å². The van der Waals surface area contributed by atoms with E-state index in [1.54, 1.807) is 30.3 Å². The summed E-state index contributed by atoms with van der Waals surface area (Å²) >= 11 is 6.33. The van der Waals surface area contributed by atoms with Gasteiger partial charge in [0, 0.05) is 23.1 Å². The minimum Gasteiger partial charge on any atom is -0.487 e. The van der Waals surface area contributed by atoms with Crippen LogP contribution in [-0.4, -0.2) is 14.9 Å². The number of halogens is 2. The van der Waals surface area contributed by atoms with E-state index in [0.29, 0.717) is 38.6 Å². The van der Waals surface area contributed by atoms with Gasteiger partial charge < -0.3 is 10.5 Å². The SMILES string of the molecule is Nc1nc(-c2ccc(OCc3cccc(F)c3)c(Cl)c2)nc2ccc([N+](=O)[O-])cc12. The van der Waals surface area contributed by atoms with Crippen molar-refractivity contribution in [1.29, 1.82) is 0 Å². The summed E-state index contributed by atoms with van der Waals surface area (Å²) in [5, 5.41) is 11.7. The molecule has 150 valence electrons. The standard InChI is InChI=1S/C21H14ClFN4O3/c22-17-9-13(4-7-19(17)30-11-12-2-1-3-14(23)8-12)21-25-18-6-5-15(27(28)29)10-16(18)20(24)26-21/h1-10H,11H2,(H2,24,25,26). The number of benzene rings is 3. The smallest absolute Gasteiger partial charge is 0.270 e. The highest BCUT2D eigenvalue weighted by molar-refractivity contribution is 6.32. The minimum atomic E-state index is -0.505. The summed E-state index contributed by atoms with van der Waals surface area (Å²) in [6.45, 7) is 0.162. The molecule has 1 heterocycles. The van der Waals surface area contributed by atoms with Crippen molar-refractivity contribution in [3.8, 4) is 17.1 Å². The average molecular weight is 425 g/mol. The molecule has 0 saturated carbocycles. The van der Waals surface area contributed by atoms with Crippen LogP contribution in [-0.2, 0) is 6.61 Å². The van der Waals surface area contributed by atoms with Crippen molar-refractivity contribution in [3.05, 3.63) is 87.2 Å². The topological polar surface area (TPSA) is 104 Å². The first-order valence-corrected chi connectivity index (χ1v) is 9.17. The molecule has 2 N–H and O–H groups in total. The van der Waals surface area contributed by atoms with Gasteiger partial charge in [0.15, 0.2) is 5.82 Å². The number of nitrogens with two attached hydrogens (primary N) is 1. The van der Waals surface area contributed by atoms with Gasteiger partial charge >= 0.3 is 0 Å². The Kier molecular flexibility index (Phi) is 5.16. The van der Waals surface area contributed by atoms with Crippen molar-refractivity contribution in [1.82, 2.24) is 9.97 Å². The number of rotatable bonds is 5. The number of non-ortho nitro benzene ring substituents is 1. The van der Waals surface area contributed by atoms with Gasteiger partial charge in [-0.15, -0.1) is 0 Å². The minimum absolute atomic E-state index is 0.0895. The second-order valence-electron chi connectivity index (χ2n) is 6.45. The molecule has 0 aliphatic rings. The summed E-state index contributed by atoms with van der Waals surface area (Å²) < 4.78 is 18.9. The number of nitrogen functional groups attached to an aromatic ring is 1. The van der Waals surface area contributed by atoms with E-state index in [0.717, 1.165) is 0 Å². The van der Waals surface area contributed by atoms with Crippen LogP contribution in [0.5, 0.6) is 5.75 Å². The third-order valence-corrected chi connectivity index (χ3v) is 4.69. The predicted molar refractivity (Wildman–Crippen MR) is 112 cm³/mol. The maximum atomic E-state index is 13.3. The predicted octanol–water partition coefficient (Wildman–Crippen LogP) is 5.16. The van der Waals surface area contributed by atoms with E-state index in [-0.39, 0.29) is 23.9 Å². The highest BCUT2D eigenvalue weighted by Crippen LogP contribution is 2.32. The van der Waals surface area contributed by atoms with Gasteiger partial charge in [-0.25, -0.2) is 14.4 Å². The summed E-state index contributed by atoms with van der Waals surface area (Å²) in [6.07, 6.45) is 0. The fourth-order valence-corrected chi connectivity index (χ4v) is 3.16. The number of hydrogen-bond acceptors (Lipinski definition) is 6. The normalized spacial score (nSPS) is 10.9. The summed E-state index contributed by atoms with van der Waals surface area (Å²) in [7, 11) is 0. The van der Waals surface area contributed by atoms with E-state index >= 15 is 0 Å². The number of ether oxygens (including phenoxy) is 1. The van der Waals surface area contributed by atoms with Crippen molar-refractivity contribution >= 4 is 34.0 Å². The molecule has 0 spiro atoms. The summed E-state index contributed by atoms with van der Waals surface area (Å²) in [4.78, 5) is 19.1. The van der Waals surface area contributed by atoms with E-state index < -0.39 is 4.92 Å². The van der Waals surface area contributed by atoms with Crippen LogP contribution in [0.25, 0.3) is 22.3 Å². The monoisotopic (exact) mass is 424 g/mol. The number of hydrogen-bond donors (Lipinski definition) is 1. The van der Waals surface area contributed by atoms with Gasteiger partial charge in [-0.3, -0.25) is 10.1 Å². The van der Waals surface area contributed by atoms with E-state index in [2.05, 4.69) is 9.97 Å². The Morgan fingerprint density at radius 1 is 1.10 bits per heavy atom. The number of anilines is 1. The molecule has 0 aliphatic carbocycles. The Balaban J connectivity index is 1.61. The van der Waals surface area contributed by atoms with Gasteiger partial charge in [0.25, 0.3) is 5.69 Å². The van der Waals surface area contributed by atoms with Crippen molar-refractivity contribution in [3.63, 3.8) is 0 Å². The van der Waals surface area contributed by atoms with E-state index in [9.17, 15) is 14.5 Å². The van der Waals surface area contributed by atoms with Crippen LogP contribution in [0, 0.1) is 15.9 Å². The third kappa shape index (κ3) is 3.99. The lowest BCUT2D eigenvalue weighted by atomic mass is 10.1. The summed E-state index contributed by atoms with van der Waals surface area (Å²) in [5.41, 5.74) is 7.66. The first-order chi connectivity index (χ1) is 14.4. The summed E-state index contributed by atoms with van der Waals surface area (Å²) in [6, 6.07) is 15.3. The molecule has 7 nitrogen and oxygen atoms in total. The summed E-state index contributed by atoms with van der Waals surface area (Å²) in [5.74, 6) is 0.539. The molecular weight excluding hydrogens is 411 g/mol. The quantitative estimate of drug-likeness (QED) is 0.350. The number of fused-ring (bicyclic) bond motifs is 1. The Morgan fingerprint density at radius 3 is 2.67 bits per heavy atom. The number of nitro groups is 1. The van der Waals surface area contributed by atoms with Crippen LogP contribution in [0.15, 0.2) is 60.7 Å². The van der Waals surface area contributed by atoms with Gasteiger partial charge in [-0.05, 0) is 42.0 Å². The first kappa shape index (κ1) is 19.5. The molecule has 9 heteroatoms. The molecule has 4 aromatic rings. The Hall–Kier alpha value is -3.78. The number of nitrogens with zero attached hydrogens (tertiary/aromatic N) is 3. The number of aromatic nitrogens is 2. The highest BCUT2D eigenvalue weighted by Gasteiger charge is 2.13. The second-order valence-corrected chi connectivity index (χ2v) is 6.86. The zero-order valence-electron chi connectivity index (χ0n) is 15.4. The lowest BCUT2D eigenvalue weighted by molar-refractivity contribution is -0.384. The molecule has 0 fully saturated rings. The molecule has 0 unspecified atom stereocenters. The van der Waals surface area contributed by atoms with Gasteiger partial charge in [0.05, 0.1) is 15.5 Å². The fraction of sp³-hybridized carbons (Fsp3) is 0.0476. The first-order valence-electron chi connectivity index (χ1n) is 8.79. The van der Waals surface area contributed by atoms with Crippen LogP contribution < -0.4 is 10.5 Å². The van der Waals surface area contributed by atoms with Crippen LogP contribution in [0.2, 0.25) is 5.02 Å².